The second-order valence-corrected chi connectivity index (χ2v) is 3.19. The van der Waals surface area contributed by atoms with Gasteiger partial charge < -0.3 is 9.47 Å². The molecule has 0 atom stereocenters. The molecule has 0 unspecified atom stereocenters. The van der Waals surface area contributed by atoms with Gasteiger partial charge in [0.05, 0.1) is 0 Å². The maximum atomic E-state index is 10.7. The zero-order valence-corrected chi connectivity index (χ0v) is 8.80. The Bertz CT molecular complexity index is 327. The average molecular weight is 204 g/mol. The predicted molar refractivity (Wildman–Crippen MR) is 62.0 cm³/mol. The number of hydrogen-bond donors (Lipinski definition) is 0. The Hall–Kier alpha value is -1.77. The summed E-state index contributed by atoms with van der Waals surface area (Å²) in [5.41, 5.74) is 0. The van der Waals surface area contributed by atoms with Crippen molar-refractivity contribution in [2.75, 3.05) is 6.54 Å². The van der Waals surface area contributed by atoms with Gasteiger partial charge in [-0.2, -0.15) is 0 Å². The lowest BCUT2D eigenvalue weighted by Gasteiger charge is -2.05. The van der Waals surface area contributed by atoms with Gasteiger partial charge in [0.25, 0.3) is 0 Å². The Morgan fingerprint density at radius 1 is 1.20 bits per heavy atom. The van der Waals surface area contributed by atoms with Crippen LogP contribution >= 0.6 is 0 Å². The number of amides is 1. The van der Waals surface area contributed by atoms with Crippen molar-refractivity contribution < 1.29 is 4.79 Å². The molecule has 2 heterocycles. The van der Waals surface area contributed by atoms with Crippen LogP contribution in [-0.4, -0.2) is 21.9 Å². The largest absolute Gasteiger partial charge is 0.331 e. The summed E-state index contributed by atoms with van der Waals surface area (Å²) < 4.78 is 1.89. The number of hydrogen-bond acceptors (Lipinski definition) is 1. The molecule has 0 N–H and O–H groups in total. The number of likely N-dealkylation sites (tertiary alicyclic amines) is 1. The van der Waals surface area contributed by atoms with Crippen molar-refractivity contribution in [2.24, 2.45) is 0 Å². The zero-order valence-electron chi connectivity index (χ0n) is 8.80. The van der Waals surface area contributed by atoms with E-state index in [4.69, 9.17) is 0 Å². The van der Waals surface area contributed by atoms with Gasteiger partial charge in [-0.05, 0) is 24.8 Å². The number of nitrogens with zero attached hydrogens (tertiary/aromatic N) is 2. The van der Waals surface area contributed by atoms with Gasteiger partial charge >= 0.3 is 0 Å². The molecular weight excluding hydrogens is 188 g/mol. The van der Waals surface area contributed by atoms with Crippen molar-refractivity contribution in [3.63, 3.8) is 0 Å². The maximum Gasteiger partial charge on any atom is 0.226 e. The predicted octanol–water partition coefficient (Wildman–Crippen LogP) is 2.34. The lowest BCUT2D eigenvalue weighted by molar-refractivity contribution is -0.125. The summed E-state index contributed by atoms with van der Waals surface area (Å²) in [5.74, 6) is 0.208. The minimum absolute atomic E-state index is 0.208. The van der Waals surface area contributed by atoms with Crippen LogP contribution in [0.25, 0.3) is 6.20 Å². The number of carbonyl (C=O) groups excluding carboxylic acids is 1. The molecule has 0 aromatic carbocycles. The summed E-state index contributed by atoms with van der Waals surface area (Å²) >= 11 is 0. The quantitative estimate of drug-likeness (QED) is 0.726. The fourth-order valence-electron chi connectivity index (χ4n) is 1.33. The highest BCUT2D eigenvalue weighted by Crippen LogP contribution is 2.08. The molecule has 1 aromatic heterocycles. The van der Waals surface area contributed by atoms with E-state index in [0.717, 1.165) is 13.0 Å². The molecule has 1 amide bonds. The Kier molecular flexibility index (Phi) is 4.41. The highest BCUT2D eigenvalue weighted by molar-refractivity contribution is 5.78. The number of carbonyl (C=O) groups is 1. The van der Waals surface area contributed by atoms with Crippen LogP contribution in [0.1, 0.15) is 12.8 Å². The molecule has 1 aliphatic rings. The van der Waals surface area contributed by atoms with E-state index in [-0.39, 0.29) is 5.91 Å². The van der Waals surface area contributed by atoms with Crippen LogP contribution in [0.4, 0.5) is 0 Å². The minimum atomic E-state index is 0.208. The molecule has 0 aliphatic carbocycles. The molecule has 0 saturated carbocycles. The van der Waals surface area contributed by atoms with Gasteiger partial charge in [0.1, 0.15) is 0 Å². The normalized spacial score (nSPS) is 14.4. The molecule has 1 saturated heterocycles. The molecule has 15 heavy (non-hydrogen) atoms. The van der Waals surface area contributed by atoms with E-state index in [0.29, 0.717) is 6.42 Å². The van der Waals surface area contributed by atoms with Gasteiger partial charge in [0.2, 0.25) is 5.91 Å². The molecule has 2 rings (SSSR count). The molecule has 3 heteroatoms. The Morgan fingerprint density at radius 3 is 2.13 bits per heavy atom. The molecule has 1 fully saturated rings. The number of aromatic nitrogens is 1. The van der Waals surface area contributed by atoms with E-state index in [1.807, 2.05) is 29.1 Å². The minimum Gasteiger partial charge on any atom is -0.331 e. The van der Waals surface area contributed by atoms with E-state index in [9.17, 15) is 4.79 Å². The lowest BCUT2D eigenvalue weighted by atomic mass is 10.4. The summed E-state index contributed by atoms with van der Waals surface area (Å²) in [6.07, 6.45) is 8.91. The smallest absolute Gasteiger partial charge is 0.226 e. The van der Waals surface area contributed by atoms with Gasteiger partial charge in [-0.15, -0.1) is 0 Å². The Balaban J connectivity index is 0.000000151. The molecular formula is C12H16N2O. The van der Waals surface area contributed by atoms with E-state index >= 15 is 0 Å². The van der Waals surface area contributed by atoms with E-state index < -0.39 is 0 Å². The van der Waals surface area contributed by atoms with Crippen molar-refractivity contribution >= 4 is 12.1 Å². The first-order valence-corrected chi connectivity index (χ1v) is 4.95. The third-order valence-electron chi connectivity index (χ3n) is 2.17. The summed E-state index contributed by atoms with van der Waals surface area (Å²) in [7, 11) is 0. The summed E-state index contributed by atoms with van der Waals surface area (Å²) in [5, 5.41) is 0. The monoisotopic (exact) mass is 204 g/mol. The maximum absolute atomic E-state index is 10.7. The highest BCUT2D eigenvalue weighted by atomic mass is 16.2. The summed E-state index contributed by atoms with van der Waals surface area (Å²) in [6.45, 7) is 7.93. The molecule has 3 nitrogen and oxygen atoms in total. The first-order valence-electron chi connectivity index (χ1n) is 4.95. The van der Waals surface area contributed by atoms with Gasteiger partial charge in [-0.3, -0.25) is 4.79 Å². The van der Waals surface area contributed by atoms with Crippen molar-refractivity contribution in [3.8, 4) is 0 Å². The SMILES string of the molecule is C=CN1CCCC1=O.C=Cn1cccc1. The van der Waals surface area contributed by atoms with Crippen molar-refractivity contribution in [1.82, 2.24) is 9.47 Å². The van der Waals surface area contributed by atoms with Crippen molar-refractivity contribution in [3.05, 3.63) is 43.9 Å². The standard InChI is InChI=1S/C6H9NO.C6H7N/c1-2-7-5-3-4-6(7)8;1-2-7-5-3-4-6-7/h2H,1,3-5H2;2-6H,1H2. The Morgan fingerprint density at radius 2 is 1.87 bits per heavy atom. The fraction of sp³-hybridized carbons (Fsp3) is 0.250. The second-order valence-electron chi connectivity index (χ2n) is 3.19. The summed E-state index contributed by atoms with van der Waals surface area (Å²) in [6, 6.07) is 3.92. The third kappa shape index (κ3) is 3.46. The number of rotatable bonds is 2. The fourth-order valence-corrected chi connectivity index (χ4v) is 1.33. The first-order chi connectivity index (χ1) is 7.27. The molecule has 1 aliphatic heterocycles. The third-order valence-corrected chi connectivity index (χ3v) is 2.17. The van der Waals surface area contributed by atoms with Crippen molar-refractivity contribution in [1.29, 1.82) is 0 Å². The average Bonchev–Trinajstić information content (AvgIpc) is 2.88. The Labute approximate surface area is 90.3 Å². The molecule has 0 radical (unpaired) electrons. The van der Waals surface area contributed by atoms with Crippen LogP contribution in [-0.2, 0) is 4.79 Å². The van der Waals surface area contributed by atoms with Crippen LogP contribution in [0, 0.1) is 0 Å². The first kappa shape index (κ1) is 11.3. The van der Waals surface area contributed by atoms with Crippen LogP contribution < -0.4 is 0 Å². The van der Waals surface area contributed by atoms with Crippen molar-refractivity contribution in [2.45, 2.75) is 12.8 Å². The van der Waals surface area contributed by atoms with E-state index in [1.54, 1.807) is 17.3 Å². The lowest BCUT2D eigenvalue weighted by Crippen LogP contribution is -2.16. The summed E-state index contributed by atoms with van der Waals surface area (Å²) in [4.78, 5) is 12.3. The zero-order chi connectivity index (χ0) is 11.1. The molecule has 80 valence electrons. The highest BCUT2D eigenvalue weighted by Gasteiger charge is 2.15. The van der Waals surface area contributed by atoms with Crippen LogP contribution in [0.3, 0.4) is 0 Å². The molecule has 0 spiro atoms. The van der Waals surface area contributed by atoms with Crippen LogP contribution in [0.2, 0.25) is 0 Å². The van der Waals surface area contributed by atoms with Gasteiger partial charge in [-0.25, -0.2) is 0 Å². The van der Waals surface area contributed by atoms with Crippen LogP contribution in [0.5, 0.6) is 0 Å². The van der Waals surface area contributed by atoms with E-state index in [2.05, 4.69) is 13.2 Å². The second kappa shape index (κ2) is 5.86. The van der Waals surface area contributed by atoms with Gasteiger partial charge in [0, 0.05) is 31.6 Å². The van der Waals surface area contributed by atoms with E-state index in [1.165, 1.54) is 0 Å². The molecule has 0 bridgehead atoms. The van der Waals surface area contributed by atoms with Crippen LogP contribution in [0.15, 0.2) is 43.9 Å². The van der Waals surface area contributed by atoms with Gasteiger partial charge in [-0.1, -0.05) is 13.2 Å². The molecule has 1 aromatic rings. The topological polar surface area (TPSA) is 25.2 Å². The van der Waals surface area contributed by atoms with Gasteiger partial charge in [0.15, 0.2) is 0 Å².